The molecule has 31 heavy (non-hydrogen) atoms. The zero-order valence-corrected chi connectivity index (χ0v) is 18.5. The normalized spacial score (nSPS) is 18.2. The van der Waals surface area contributed by atoms with Crippen LogP contribution in [0.15, 0.2) is 56.7 Å². The standard InChI is InChI=1S/C21H17ClO7S2/c22-20-12-10-11-30(26,27)16(12)9-8-13(20)21(25)19-15(24)5-3-7-18(19)31(28,29)17-6-2-1-4-14(17)23/h1-2,4,6,8-9,23H,3,5,7,10-11H2. The largest absolute Gasteiger partial charge is 0.507 e. The second-order valence-electron chi connectivity index (χ2n) is 7.35. The van der Waals surface area contributed by atoms with Crippen LogP contribution in [0.4, 0.5) is 0 Å². The Hall–Kier alpha value is -2.49. The number of benzene rings is 2. The van der Waals surface area contributed by atoms with E-state index >= 15 is 0 Å². The van der Waals surface area contributed by atoms with E-state index in [4.69, 9.17) is 11.6 Å². The minimum atomic E-state index is -4.32. The third-order valence-electron chi connectivity index (χ3n) is 5.47. The summed E-state index contributed by atoms with van der Waals surface area (Å²) in [4.78, 5) is 25.3. The van der Waals surface area contributed by atoms with Crippen LogP contribution in [0.3, 0.4) is 0 Å². The van der Waals surface area contributed by atoms with Gasteiger partial charge in [-0.3, -0.25) is 9.59 Å². The van der Waals surface area contributed by atoms with E-state index in [1.807, 2.05) is 0 Å². The topological polar surface area (TPSA) is 123 Å². The van der Waals surface area contributed by atoms with Gasteiger partial charge in [-0.1, -0.05) is 23.7 Å². The number of allylic oxidation sites excluding steroid dienone is 2. The molecule has 0 unspecified atom stereocenters. The third-order valence-corrected chi connectivity index (χ3v) is 9.68. The van der Waals surface area contributed by atoms with Crippen molar-refractivity contribution in [2.75, 3.05) is 5.75 Å². The van der Waals surface area contributed by atoms with Gasteiger partial charge in [0.25, 0.3) is 0 Å². The molecule has 1 aliphatic carbocycles. The highest BCUT2D eigenvalue weighted by Gasteiger charge is 2.37. The summed E-state index contributed by atoms with van der Waals surface area (Å²) in [6.07, 6.45) is 0.333. The first kappa shape index (κ1) is 21.7. The maximum absolute atomic E-state index is 13.3. The monoisotopic (exact) mass is 480 g/mol. The molecule has 0 spiro atoms. The Morgan fingerprint density at radius 1 is 1.03 bits per heavy atom. The fraction of sp³-hybridized carbons (Fsp3) is 0.238. The summed E-state index contributed by atoms with van der Waals surface area (Å²) in [7, 11) is -7.80. The molecule has 0 saturated carbocycles. The highest BCUT2D eigenvalue weighted by atomic mass is 35.5. The van der Waals surface area contributed by atoms with Gasteiger partial charge in [-0.25, -0.2) is 16.8 Å². The predicted octanol–water partition coefficient (Wildman–Crippen LogP) is 3.04. The molecule has 0 amide bonds. The molecular weight excluding hydrogens is 464 g/mol. The highest BCUT2D eigenvalue weighted by Crippen LogP contribution is 2.39. The van der Waals surface area contributed by atoms with Crippen LogP contribution in [0.2, 0.25) is 5.02 Å². The predicted molar refractivity (Wildman–Crippen MR) is 113 cm³/mol. The Kier molecular flexibility index (Phi) is 5.31. The Labute approximate surface area is 184 Å². The summed E-state index contributed by atoms with van der Waals surface area (Å²) in [6, 6.07) is 7.77. The summed E-state index contributed by atoms with van der Waals surface area (Å²) in [5.74, 6) is -2.11. The van der Waals surface area contributed by atoms with E-state index in [-0.39, 0.29) is 51.8 Å². The Balaban J connectivity index is 1.91. The van der Waals surface area contributed by atoms with Crippen molar-refractivity contribution >= 4 is 42.8 Å². The van der Waals surface area contributed by atoms with Gasteiger partial charge in [0.2, 0.25) is 9.84 Å². The second-order valence-corrected chi connectivity index (χ2v) is 11.7. The van der Waals surface area contributed by atoms with Crippen LogP contribution in [-0.4, -0.2) is 39.3 Å². The number of fused-ring (bicyclic) bond motifs is 1. The fourth-order valence-corrected chi connectivity index (χ4v) is 7.64. The minimum Gasteiger partial charge on any atom is -0.507 e. The minimum absolute atomic E-state index is 0.00218. The number of rotatable bonds is 4. The number of halogens is 1. The lowest BCUT2D eigenvalue weighted by Gasteiger charge is -2.20. The fourth-order valence-electron chi connectivity index (χ4n) is 3.94. The molecule has 0 aromatic heterocycles. The highest BCUT2D eigenvalue weighted by molar-refractivity contribution is 7.95. The number of para-hydroxylation sites is 1. The van der Waals surface area contributed by atoms with E-state index in [9.17, 15) is 31.5 Å². The maximum atomic E-state index is 13.3. The van der Waals surface area contributed by atoms with Crippen LogP contribution < -0.4 is 0 Å². The van der Waals surface area contributed by atoms with Crippen LogP contribution in [0.25, 0.3) is 0 Å². The van der Waals surface area contributed by atoms with Gasteiger partial charge >= 0.3 is 0 Å². The van der Waals surface area contributed by atoms with Crippen molar-refractivity contribution in [1.29, 1.82) is 0 Å². The molecule has 1 aliphatic heterocycles. The molecule has 0 radical (unpaired) electrons. The lowest BCUT2D eigenvalue weighted by molar-refractivity contribution is -0.115. The summed E-state index contributed by atoms with van der Waals surface area (Å²) < 4.78 is 50.6. The molecule has 1 N–H and O–H groups in total. The van der Waals surface area contributed by atoms with Crippen molar-refractivity contribution in [3.05, 3.63) is 63.0 Å². The molecule has 0 atom stereocenters. The van der Waals surface area contributed by atoms with Crippen LogP contribution in [0.1, 0.15) is 35.2 Å². The number of aromatic hydroxyl groups is 1. The smallest absolute Gasteiger partial charge is 0.207 e. The van der Waals surface area contributed by atoms with Crippen molar-refractivity contribution in [1.82, 2.24) is 0 Å². The molecule has 4 rings (SSSR count). The number of hydrogen-bond donors (Lipinski definition) is 1. The molecule has 162 valence electrons. The van der Waals surface area contributed by atoms with Gasteiger partial charge in [0.1, 0.15) is 10.6 Å². The van der Waals surface area contributed by atoms with Crippen molar-refractivity contribution < 1.29 is 31.5 Å². The van der Waals surface area contributed by atoms with Crippen molar-refractivity contribution in [3.8, 4) is 5.75 Å². The summed E-state index contributed by atoms with van der Waals surface area (Å²) in [5, 5.41) is 9.94. The number of ketones is 2. The van der Waals surface area contributed by atoms with E-state index in [2.05, 4.69) is 0 Å². The number of phenols is 1. The molecule has 0 saturated heterocycles. The van der Waals surface area contributed by atoms with Crippen molar-refractivity contribution in [3.63, 3.8) is 0 Å². The number of phenolic OH excluding ortho intramolecular Hbond substituents is 1. The molecule has 10 heteroatoms. The number of carbonyl (C=O) groups is 2. The van der Waals surface area contributed by atoms with E-state index < -0.39 is 47.5 Å². The summed E-state index contributed by atoms with van der Waals surface area (Å²) >= 11 is 6.34. The van der Waals surface area contributed by atoms with Crippen molar-refractivity contribution in [2.45, 2.75) is 35.5 Å². The number of Topliss-reactive ketones (excluding diaryl/α,β-unsaturated/α-hetero) is 2. The molecule has 2 aromatic rings. The van der Waals surface area contributed by atoms with Crippen LogP contribution in [-0.2, 0) is 30.9 Å². The first-order valence-electron chi connectivity index (χ1n) is 9.44. The molecule has 2 aromatic carbocycles. The molecule has 1 heterocycles. The molecule has 0 bridgehead atoms. The summed E-state index contributed by atoms with van der Waals surface area (Å²) in [5.41, 5.74) is -0.313. The second kappa shape index (κ2) is 7.58. The van der Waals surface area contributed by atoms with E-state index in [1.165, 1.54) is 36.4 Å². The van der Waals surface area contributed by atoms with E-state index in [1.54, 1.807) is 0 Å². The SMILES string of the molecule is O=C1CCCC(S(=O)(=O)c2ccccc2O)=C1C(=O)c1ccc2c(c1Cl)CCS2(=O)=O. The average Bonchev–Trinajstić information content (AvgIpc) is 3.03. The van der Waals surface area contributed by atoms with Crippen LogP contribution in [0, 0.1) is 0 Å². The molecule has 0 fully saturated rings. The summed E-state index contributed by atoms with van der Waals surface area (Å²) in [6.45, 7) is 0. The molecule has 7 nitrogen and oxygen atoms in total. The maximum Gasteiger partial charge on any atom is 0.207 e. The third kappa shape index (κ3) is 3.50. The zero-order valence-electron chi connectivity index (χ0n) is 16.1. The Bertz CT molecular complexity index is 1390. The van der Waals surface area contributed by atoms with E-state index in [0.29, 0.717) is 5.56 Å². The van der Waals surface area contributed by atoms with Gasteiger partial charge < -0.3 is 5.11 Å². The Morgan fingerprint density at radius 2 is 1.74 bits per heavy atom. The molecule has 2 aliphatic rings. The van der Waals surface area contributed by atoms with Crippen LogP contribution in [0.5, 0.6) is 5.75 Å². The van der Waals surface area contributed by atoms with Gasteiger partial charge in [-0.05, 0) is 49.1 Å². The zero-order chi connectivity index (χ0) is 22.6. The van der Waals surface area contributed by atoms with Gasteiger partial charge in [-0.15, -0.1) is 0 Å². The Morgan fingerprint density at radius 3 is 2.45 bits per heavy atom. The first-order valence-corrected chi connectivity index (χ1v) is 13.0. The number of sulfone groups is 2. The van der Waals surface area contributed by atoms with Gasteiger partial charge in [0.15, 0.2) is 21.4 Å². The number of hydrogen-bond acceptors (Lipinski definition) is 7. The van der Waals surface area contributed by atoms with E-state index in [0.717, 1.165) is 0 Å². The van der Waals surface area contributed by atoms with Crippen LogP contribution >= 0.6 is 11.6 Å². The number of carbonyl (C=O) groups excluding carboxylic acids is 2. The van der Waals surface area contributed by atoms with Gasteiger partial charge in [0, 0.05) is 12.0 Å². The first-order chi connectivity index (χ1) is 14.6. The lowest BCUT2D eigenvalue weighted by Crippen LogP contribution is -2.24. The average molecular weight is 481 g/mol. The lowest BCUT2D eigenvalue weighted by atomic mass is 9.91. The molecular formula is C21H17ClO7S2. The van der Waals surface area contributed by atoms with Gasteiger partial charge in [-0.2, -0.15) is 0 Å². The van der Waals surface area contributed by atoms with Gasteiger partial charge in [0.05, 0.1) is 26.1 Å². The van der Waals surface area contributed by atoms with Crippen molar-refractivity contribution in [2.24, 2.45) is 0 Å². The quantitative estimate of drug-likeness (QED) is 0.527.